The molecule has 1 aliphatic carbocycles. The highest BCUT2D eigenvalue weighted by Crippen LogP contribution is 2.31. The first kappa shape index (κ1) is 13.8. The number of rotatable bonds is 3. The van der Waals surface area contributed by atoms with Gasteiger partial charge in [-0.1, -0.05) is 25.5 Å². The molecule has 1 aromatic carbocycles. The monoisotopic (exact) mass is 265 g/mol. The quantitative estimate of drug-likeness (QED) is 0.913. The Hall–Kier alpha value is -0.670. The van der Waals surface area contributed by atoms with E-state index in [1.807, 2.05) is 31.2 Å². The molecule has 0 saturated heterocycles. The maximum atomic E-state index is 12.7. The van der Waals surface area contributed by atoms with Crippen LogP contribution < -0.4 is 5.73 Å². The average Bonchev–Trinajstić information content (AvgIpc) is 2.38. The van der Waals surface area contributed by atoms with Crippen LogP contribution in [-0.4, -0.2) is 15.5 Å². The second-order valence-electron chi connectivity index (χ2n) is 5.40. The molecule has 18 heavy (non-hydrogen) atoms. The van der Waals surface area contributed by atoms with Gasteiger partial charge in [-0.25, -0.2) is 0 Å². The maximum Gasteiger partial charge on any atom is 0.0576 e. The number of hydrogen-bond acceptors (Lipinski definition) is 2. The van der Waals surface area contributed by atoms with Crippen molar-refractivity contribution in [2.45, 2.75) is 55.7 Å². The summed E-state index contributed by atoms with van der Waals surface area (Å²) in [5.41, 5.74) is 7.34. The Morgan fingerprint density at radius 2 is 2.17 bits per heavy atom. The van der Waals surface area contributed by atoms with Crippen molar-refractivity contribution in [3.05, 3.63) is 29.8 Å². The Bertz CT molecular complexity index is 432. The molecule has 0 spiro atoms. The molecule has 1 aromatic rings. The molecule has 1 fully saturated rings. The summed E-state index contributed by atoms with van der Waals surface area (Å²) in [5.74, 6) is 0.698. The van der Waals surface area contributed by atoms with Gasteiger partial charge >= 0.3 is 0 Å². The van der Waals surface area contributed by atoms with Crippen LogP contribution in [0.3, 0.4) is 0 Å². The van der Waals surface area contributed by atoms with E-state index in [0.29, 0.717) is 5.92 Å². The molecule has 2 N–H and O–H groups in total. The second-order valence-corrected chi connectivity index (χ2v) is 7.08. The van der Waals surface area contributed by atoms with E-state index >= 15 is 0 Å². The zero-order valence-electron chi connectivity index (χ0n) is 11.3. The molecule has 0 aromatic heterocycles. The molecule has 0 amide bonds. The SMILES string of the molecule is CCC1CCC(N)C(S(=O)c2cccc(C)c2)C1. The fourth-order valence-corrected chi connectivity index (χ4v) is 4.53. The van der Waals surface area contributed by atoms with Gasteiger partial charge in [-0.2, -0.15) is 0 Å². The Morgan fingerprint density at radius 1 is 1.39 bits per heavy atom. The van der Waals surface area contributed by atoms with E-state index in [1.54, 1.807) is 0 Å². The first-order chi connectivity index (χ1) is 8.61. The van der Waals surface area contributed by atoms with E-state index in [2.05, 4.69) is 6.92 Å². The summed E-state index contributed by atoms with van der Waals surface area (Å²) in [6, 6.07) is 8.10. The Kier molecular flexibility index (Phi) is 4.57. The van der Waals surface area contributed by atoms with Crippen molar-refractivity contribution >= 4 is 10.8 Å². The van der Waals surface area contributed by atoms with Crippen LogP contribution in [0.2, 0.25) is 0 Å². The van der Waals surface area contributed by atoms with E-state index < -0.39 is 10.8 Å². The normalized spacial score (nSPS) is 30.1. The zero-order chi connectivity index (χ0) is 13.1. The molecule has 4 atom stereocenters. The molecule has 2 rings (SSSR count). The van der Waals surface area contributed by atoms with Crippen LogP contribution in [0.25, 0.3) is 0 Å². The summed E-state index contributed by atoms with van der Waals surface area (Å²) >= 11 is 0. The van der Waals surface area contributed by atoms with Gasteiger partial charge < -0.3 is 5.73 Å². The minimum absolute atomic E-state index is 0.0918. The van der Waals surface area contributed by atoms with Gasteiger partial charge in [-0.3, -0.25) is 4.21 Å². The second kappa shape index (κ2) is 5.98. The highest BCUT2D eigenvalue weighted by Gasteiger charge is 2.32. The van der Waals surface area contributed by atoms with Gasteiger partial charge in [0.1, 0.15) is 0 Å². The summed E-state index contributed by atoms with van der Waals surface area (Å²) in [5, 5.41) is 0.130. The molecule has 0 radical (unpaired) electrons. The molecule has 0 heterocycles. The third-order valence-electron chi connectivity index (χ3n) is 4.03. The van der Waals surface area contributed by atoms with Crippen LogP contribution in [0.5, 0.6) is 0 Å². The van der Waals surface area contributed by atoms with E-state index in [9.17, 15) is 4.21 Å². The van der Waals surface area contributed by atoms with Crippen molar-refractivity contribution in [1.29, 1.82) is 0 Å². The van der Waals surface area contributed by atoms with Gasteiger partial charge in [-0.15, -0.1) is 0 Å². The number of aryl methyl sites for hydroxylation is 1. The summed E-state index contributed by atoms with van der Waals surface area (Å²) in [4.78, 5) is 0.937. The van der Waals surface area contributed by atoms with Gasteiger partial charge in [0.2, 0.25) is 0 Å². The highest BCUT2D eigenvalue weighted by molar-refractivity contribution is 7.85. The van der Waals surface area contributed by atoms with Crippen LogP contribution in [0.15, 0.2) is 29.2 Å². The molecule has 1 saturated carbocycles. The van der Waals surface area contributed by atoms with Crippen LogP contribution in [-0.2, 0) is 10.8 Å². The topological polar surface area (TPSA) is 43.1 Å². The fourth-order valence-electron chi connectivity index (χ4n) is 2.77. The summed E-state index contributed by atoms with van der Waals surface area (Å²) in [6.45, 7) is 4.25. The molecule has 2 nitrogen and oxygen atoms in total. The lowest BCUT2D eigenvalue weighted by Gasteiger charge is -2.33. The van der Waals surface area contributed by atoms with Crippen molar-refractivity contribution in [3.63, 3.8) is 0 Å². The average molecular weight is 265 g/mol. The van der Waals surface area contributed by atoms with Crippen LogP contribution >= 0.6 is 0 Å². The Morgan fingerprint density at radius 3 is 2.83 bits per heavy atom. The van der Waals surface area contributed by atoms with Gasteiger partial charge in [-0.05, 0) is 49.8 Å². The van der Waals surface area contributed by atoms with Crippen molar-refractivity contribution in [2.24, 2.45) is 11.7 Å². The van der Waals surface area contributed by atoms with Crippen LogP contribution in [0, 0.1) is 12.8 Å². The lowest BCUT2D eigenvalue weighted by Crippen LogP contribution is -2.42. The molecular formula is C15H23NOS. The van der Waals surface area contributed by atoms with Gasteiger partial charge in [0.25, 0.3) is 0 Å². The number of nitrogens with two attached hydrogens (primary N) is 1. The number of benzene rings is 1. The molecule has 1 aliphatic rings. The van der Waals surface area contributed by atoms with E-state index in [1.165, 1.54) is 12.8 Å². The maximum absolute atomic E-state index is 12.7. The van der Waals surface area contributed by atoms with Crippen LogP contribution in [0.4, 0.5) is 0 Å². The molecule has 0 bridgehead atoms. The lowest BCUT2D eigenvalue weighted by atomic mass is 9.84. The van der Waals surface area contributed by atoms with Gasteiger partial charge in [0.15, 0.2) is 0 Å². The highest BCUT2D eigenvalue weighted by atomic mass is 32.2. The van der Waals surface area contributed by atoms with Crippen molar-refractivity contribution < 1.29 is 4.21 Å². The summed E-state index contributed by atoms with van der Waals surface area (Å²) < 4.78 is 12.7. The molecule has 3 heteroatoms. The first-order valence-electron chi connectivity index (χ1n) is 6.84. The first-order valence-corrected chi connectivity index (χ1v) is 8.06. The minimum Gasteiger partial charge on any atom is -0.327 e. The van der Waals surface area contributed by atoms with Gasteiger partial charge in [0.05, 0.1) is 16.0 Å². The number of hydrogen-bond donors (Lipinski definition) is 1. The predicted molar refractivity (Wildman–Crippen MR) is 77.0 cm³/mol. The summed E-state index contributed by atoms with van der Waals surface area (Å²) in [6.07, 6.45) is 4.40. The van der Waals surface area contributed by atoms with Crippen molar-refractivity contribution in [3.8, 4) is 0 Å². The lowest BCUT2D eigenvalue weighted by molar-refractivity contribution is 0.324. The molecular weight excluding hydrogens is 242 g/mol. The third-order valence-corrected chi connectivity index (χ3v) is 5.84. The third kappa shape index (κ3) is 3.01. The summed E-state index contributed by atoms with van der Waals surface area (Å²) in [7, 11) is -0.958. The zero-order valence-corrected chi connectivity index (χ0v) is 12.1. The van der Waals surface area contributed by atoms with Crippen molar-refractivity contribution in [2.75, 3.05) is 0 Å². The fraction of sp³-hybridized carbons (Fsp3) is 0.600. The predicted octanol–water partition coefficient (Wildman–Crippen LogP) is 3.01. The van der Waals surface area contributed by atoms with E-state index in [-0.39, 0.29) is 11.3 Å². The van der Waals surface area contributed by atoms with E-state index in [4.69, 9.17) is 5.73 Å². The van der Waals surface area contributed by atoms with Crippen LogP contribution in [0.1, 0.15) is 38.2 Å². The molecule has 4 unspecified atom stereocenters. The largest absolute Gasteiger partial charge is 0.327 e. The molecule has 100 valence electrons. The molecule has 0 aliphatic heterocycles. The minimum atomic E-state index is -0.958. The smallest absolute Gasteiger partial charge is 0.0576 e. The Labute approximate surface area is 112 Å². The standard InChI is InChI=1S/C15H23NOS/c1-3-12-7-8-14(16)15(10-12)18(17)13-6-4-5-11(2)9-13/h4-6,9,12,14-15H,3,7-8,10,16H2,1-2H3. The van der Waals surface area contributed by atoms with Crippen molar-refractivity contribution in [1.82, 2.24) is 0 Å². The Balaban J connectivity index is 2.16. The van der Waals surface area contributed by atoms with E-state index in [0.717, 1.165) is 23.3 Å². The van der Waals surface area contributed by atoms with Gasteiger partial charge in [0, 0.05) is 10.9 Å².